The van der Waals surface area contributed by atoms with Gasteiger partial charge in [-0.05, 0) is 60.9 Å². The Labute approximate surface area is 202 Å². The third-order valence-corrected chi connectivity index (χ3v) is 5.95. The molecule has 174 valence electrons. The average Bonchev–Trinajstić information content (AvgIpc) is 3.09. The molecule has 3 aromatic carbocycles. The molecule has 0 spiro atoms. The lowest BCUT2D eigenvalue weighted by molar-refractivity contribution is -0.139. The number of benzene rings is 3. The number of hydrogen-bond acceptors (Lipinski definition) is 4. The summed E-state index contributed by atoms with van der Waals surface area (Å²) < 4.78 is 18.8. The molecule has 0 aliphatic carbocycles. The van der Waals surface area contributed by atoms with Crippen LogP contribution in [0.15, 0.2) is 78.4 Å². The van der Waals surface area contributed by atoms with Gasteiger partial charge in [-0.15, -0.1) is 0 Å². The maximum absolute atomic E-state index is 13.3. The normalized spacial score (nSPS) is 17.3. The van der Waals surface area contributed by atoms with Gasteiger partial charge in [-0.3, -0.25) is 9.59 Å². The lowest BCUT2D eigenvalue weighted by Crippen LogP contribution is -2.31. The maximum Gasteiger partial charge on any atom is 0.295 e. The lowest BCUT2D eigenvalue weighted by atomic mass is 9.95. The lowest BCUT2D eigenvalue weighted by Gasteiger charge is -2.25. The summed E-state index contributed by atoms with van der Waals surface area (Å²) in [6.07, 6.45) is 0.414. The third kappa shape index (κ3) is 4.82. The summed E-state index contributed by atoms with van der Waals surface area (Å²) >= 11 is 6.05. The minimum Gasteiger partial charge on any atom is -0.507 e. The summed E-state index contributed by atoms with van der Waals surface area (Å²) in [6, 6.07) is 18.7. The van der Waals surface area contributed by atoms with Crippen LogP contribution < -0.4 is 4.74 Å². The predicted octanol–water partition coefficient (Wildman–Crippen LogP) is 5.54. The van der Waals surface area contributed by atoms with Crippen LogP contribution in [0.5, 0.6) is 5.75 Å². The second kappa shape index (κ2) is 10.1. The zero-order valence-electron chi connectivity index (χ0n) is 18.5. The van der Waals surface area contributed by atoms with E-state index in [1.807, 2.05) is 6.92 Å². The SMILES string of the molecule is CCOc1cccc(/C(O)=C2/C(=O)C(=O)N(CCc3ccc(F)cc3)C2c2ccc(Cl)cc2)c1. The molecule has 7 heteroatoms. The topological polar surface area (TPSA) is 66.8 Å². The number of aliphatic hydroxyl groups is 1. The molecule has 0 aromatic heterocycles. The first-order chi connectivity index (χ1) is 16.4. The molecular weight excluding hydrogens is 457 g/mol. The van der Waals surface area contributed by atoms with Crippen molar-refractivity contribution < 1.29 is 23.8 Å². The molecule has 1 N–H and O–H groups in total. The number of hydrogen-bond donors (Lipinski definition) is 1. The Morgan fingerprint density at radius 1 is 1.06 bits per heavy atom. The smallest absolute Gasteiger partial charge is 0.295 e. The van der Waals surface area contributed by atoms with E-state index in [1.165, 1.54) is 17.0 Å². The Kier molecular flexibility index (Phi) is 6.98. The van der Waals surface area contributed by atoms with Crippen molar-refractivity contribution in [2.75, 3.05) is 13.2 Å². The minimum absolute atomic E-state index is 0.0000713. The molecule has 3 aromatic rings. The van der Waals surface area contributed by atoms with E-state index in [0.29, 0.717) is 34.9 Å². The second-order valence-corrected chi connectivity index (χ2v) is 8.32. The Morgan fingerprint density at radius 3 is 2.44 bits per heavy atom. The van der Waals surface area contributed by atoms with Gasteiger partial charge < -0.3 is 14.7 Å². The van der Waals surface area contributed by atoms with Crippen molar-refractivity contribution in [2.24, 2.45) is 0 Å². The highest BCUT2D eigenvalue weighted by Crippen LogP contribution is 2.40. The maximum atomic E-state index is 13.3. The van der Waals surface area contributed by atoms with Gasteiger partial charge in [0.25, 0.3) is 11.7 Å². The van der Waals surface area contributed by atoms with Gasteiger partial charge in [-0.25, -0.2) is 4.39 Å². The molecule has 1 amide bonds. The number of halogens is 2. The first-order valence-corrected chi connectivity index (χ1v) is 11.3. The fourth-order valence-corrected chi connectivity index (χ4v) is 4.18. The molecule has 34 heavy (non-hydrogen) atoms. The van der Waals surface area contributed by atoms with E-state index in [4.69, 9.17) is 16.3 Å². The summed E-state index contributed by atoms with van der Waals surface area (Å²) in [6.45, 7) is 2.50. The summed E-state index contributed by atoms with van der Waals surface area (Å²) in [4.78, 5) is 27.6. The van der Waals surface area contributed by atoms with Gasteiger partial charge in [0.15, 0.2) is 0 Å². The highest BCUT2D eigenvalue weighted by atomic mass is 35.5. The highest BCUT2D eigenvalue weighted by Gasteiger charge is 2.45. The van der Waals surface area contributed by atoms with Crippen LogP contribution in [0.4, 0.5) is 4.39 Å². The van der Waals surface area contributed by atoms with Crippen LogP contribution in [0, 0.1) is 5.82 Å². The quantitative estimate of drug-likeness (QED) is 0.274. The van der Waals surface area contributed by atoms with E-state index >= 15 is 0 Å². The van der Waals surface area contributed by atoms with Gasteiger partial charge in [0.1, 0.15) is 17.3 Å². The molecule has 5 nitrogen and oxygen atoms in total. The van der Waals surface area contributed by atoms with Crippen LogP contribution in [0.25, 0.3) is 5.76 Å². The molecular formula is C27H23ClFNO4. The Morgan fingerprint density at radius 2 is 1.76 bits per heavy atom. The van der Waals surface area contributed by atoms with Crippen LogP contribution in [0.2, 0.25) is 5.02 Å². The highest BCUT2D eigenvalue weighted by molar-refractivity contribution is 6.46. The van der Waals surface area contributed by atoms with Gasteiger partial charge in [-0.2, -0.15) is 0 Å². The van der Waals surface area contributed by atoms with Crippen molar-refractivity contribution in [1.82, 2.24) is 4.90 Å². The molecule has 0 radical (unpaired) electrons. The number of carbonyl (C=O) groups is 2. The predicted molar refractivity (Wildman–Crippen MR) is 128 cm³/mol. The van der Waals surface area contributed by atoms with E-state index in [9.17, 15) is 19.1 Å². The Balaban J connectivity index is 1.76. The number of rotatable bonds is 7. The van der Waals surface area contributed by atoms with Crippen molar-refractivity contribution >= 4 is 29.1 Å². The molecule has 1 saturated heterocycles. The van der Waals surface area contributed by atoms with Crippen LogP contribution in [-0.2, 0) is 16.0 Å². The van der Waals surface area contributed by atoms with Crippen molar-refractivity contribution in [3.05, 3.63) is 106 Å². The summed E-state index contributed by atoms with van der Waals surface area (Å²) in [5.74, 6) is -1.55. The van der Waals surface area contributed by atoms with Crippen LogP contribution in [0.1, 0.15) is 29.7 Å². The summed E-state index contributed by atoms with van der Waals surface area (Å²) in [5.41, 5.74) is 1.84. The first-order valence-electron chi connectivity index (χ1n) is 10.9. The standard InChI is InChI=1S/C27H23ClFNO4/c1-2-34-22-5-3-4-19(16-22)25(31)23-24(18-8-10-20(28)11-9-18)30(27(33)26(23)32)15-14-17-6-12-21(29)13-7-17/h3-13,16,24,31H,2,14-15H2,1H3/b25-23-. The van der Waals surface area contributed by atoms with Crippen LogP contribution >= 0.6 is 11.6 Å². The number of carbonyl (C=O) groups excluding carboxylic acids is 2. The third-order valence-electron chi connectivity index (χ3n) is 5.70. The number of amides is 1. The number of ether oxygens (including phenoxy) is 1. The Bertz CT molecular complexity index is 1240. The number of Topliss-reactive ketones (excluding diaryl/α,β-unsaturated/α-hetero) is 1. The van der Waals surface area contributed by atoms with E-state index in [0.717, 1.165) is 5.56 Å². The molecule has 4 rings (SSSR count). The fourth-order valence-electron chi connectivity index (χ4n) is 4.06. The van der Waals surface area contributed by atoms with E-state index in [2.05, 4.69) is 0 Å². The number of aliphatic hydroxyl groups excluding tert-OH is 1. The molecule has 1 unspecified atom stereocenters. The summed E-state index contributed by atoms with van der Waals surface area (Å²) in [7, 11) is 0. The molecule has 1 heterocycles. The zero-order chi connectivity index (χ0) is 24.2. The molecule has 1 aliphatic heterocycles. The molecule has 1 atom stereocenters. The first kappa shape index (κ1) is 23.5. The van der Waals surface area contributed by atoms with Crippen LogP contribution in [0.3, 0.4) is 0 Å². The number of nitrogens with zero attached hydrogens (tertiary/aromatic N) is 1. The molecule has 1 fully saturated rings. The van der Waals surface area contributed by atoms with Gasteiger partial charge in [-0.1, -0.05) is 48.0 Å². The molecule has 1 aliphatic rings. The monoisotopic (exact) mass is 479 g/mol. The van der Waals surface area contributed by atoms with Gasteiger partial charge >= 0.3 is 0 Å². The van der Waals surface area contributed by atoms with E-state index < -0.39 is 17.7 Å². The van der Waals surface area contributed by atoms with Crippen molar-refractivity contribution in [1.29, 1.82) is 0 Å². The van der Waals surface area contributed by atoms with E-state index in [1.54, 1.807) is 60.7 Å². The largest absolute Gasteiger partial charge is 0.507 e. The molecule has 0 bridgehead atoms. The van der Waals surface area contributed by atoms with E-state index in [-0.39, 0.29) is 23.7 Å². The van der Waals surface area contributed by atoms with Crippen molar-refractivity contribution in [3.63, 3.8) is 0 Å². The van der Waals surface area contributed by atoms with Crippen molar-refractivity contribution in [2.45, 2.75) is 19.4 Å². The van der Waals surface area contributed by atoms with Crippen molar-refractivity contribution in [3.8, 4) is 5.75 Å². The van der Waals surface area contributed by atoms with Gasteiger partial charge in [0.05, 0.1) is 18.2 Å². The van der Waals surface area contributed by atoms with Crippen LogP contribution in [-0.4, -0.2) is 34.8 Å². The zero-order valence-corrected chi connectivity index (χ0v) is 19.3. The van der Waals surface area contributed by atoms with Gasteiger partial charge in [0, 0.05) is 17.1 Å². The minimum atomic E-state index is -0.798. The average molecular weight is 480 g/mol. The molecule has 0 saturated carbocycles. The summed E-state index contributed by atoms with van der Waals surface area (Å²) in [5, 5.41) is 11.7. The van der Waals surface area contributed by atoms with Gasteiger partial charge in [0.2, 0.25) is 0 Å². The Hall–Kier alpha value is -3.64. The fraction of sp³-hybridized carbons (Fsp3) is 0.185. The number of likely N-dealkylation sites (tertiary alicyclic amines) is 1. The second-order valence-electron chi connectivity index (χ2n) is 7.88. The number of ketones is 1.